The maximum atomic E-state index is 12.1. The van der Waals surface area contributed by atoms with Crippen LogP contribution in [0.2, 0.25) is 0 Å². The summed E-state index contributed by atoms with van der Waals surface area (Å²) in [6.45, 7) is 4.66. The number of hydrogen-bond acceptors (Lipinski definition) is 4. The molecule has 2 N–H and O–H groups in total. The van der Waals surface area contributed by atoms with E-state index >= 15 is 0 Å². The lowest BCUT2D eigenvalue weighted by molar-refractivity contribution is 0.539. The summed E-state index contributed by atoms with van der Waals surface area (Å²) >= 11 is 0. The second-order valence-electron chi connectivity index (χ2n) is 4.86. The zero-order chi connectivity index (χ0) is 13.9. The van der Waals surface area contributed by atoms with E-state index in [1.165, 1.54) is 0 Å². The Kier molecular flexibility index (Phi) is 4.16. The quantitative estimate of drug-likeness (QED) is 0.789. The zero-order valence-electron chi connectivity index (χ0n) is 11.0. The van der Waals surface area contributed by atoms with E-state index in [9.17, 15) is 8.42 Å². The van der Waals surface area contributed by atoms with Gasteiger partial charge in [-0.25, -0.2) is 18.1 Å². The molecule has 19 heavy (non-hydrogen) atoms. The van der Waals surface area contributed by atoms with Gasteiger partial charge in [0.1, 0.15) is 0 Å². The van der Waals surface area contributed by atoms with E-state index in [0.29, 0.717) is 23.5 Å². The molecular formula is C12H18N4O2S. The smallest absolute Gasteiger partial charge is 0.258 e. The lowest BCUT2D eigenvalue weighted by Crippen LogP contribution is -2.25. The van der Waals surface area contributed by atoms with Gasteiger partial charge in [0.15, 0.2) is 10.7 Å². The summed E-state index contributed by atoms with van der Waals surface area (Å²) in [5.74, 6) is 0.571. The molecule has 0 bridgehead atoms. The van der Waals surface area contributed by atoms with E-state index < -0.39 is 10.0 Å². The predicted molar refractivity (Wildman–Crippen MR) is 73.1 cm³/mol. The largest absolute Gasteiger partial charge is 0.263 e. The summed E-state index contributed by atoms with van der Waals surface area (Å²) in [5.41, 5.74) is 0.407. The lowest BCUT2D eigenvalue weighted by Gasteiger charge is -2.06. The van der Waals surface area contributed by atoms with Crippen molar-refractivity contribution in [3.8, 4) is 0 Å². The summed E-state index contributed by atoms with van der Waals surface area (Å²) in [6, 6.07) is 3.38. The molecule has 0 atom stereocenters. The molecule has 0 saturated carbocycles. The monoisotopic (exact) mass is 282 g/mol. The number of pyridine rings is 1. The number of hydrogen-bond donors (Lipinski definition) is 2. The number of nitrogens with one attached hydrogen (secondary N) is 2. The summed E-state index contributed by atoms with van der Waals surface area (Å²) in [4.78, 5) is 4.00. The van der Waals surface area contributed by atoms with E-state index in [2.05, 4.69) is 33.8 Å². The molecule has 2 aromatic heterocycles. The molecule has 2 aromatic rings. The van der Waals surface area contributed by atoms with E-state index in [1.54, 1.807) is 18.3 Å². The minimum absolute atomic E-state index is 0.0835. The fourth-order valence-corrected chi connectivity index (χ4v) is 2.99. The third kappa shape index (κ3) is 3.30. The van der Waals surface area contributed by atoms with Crippen LogP contribution in [0.5, 0.6) is 0 Å². The van der Waals surface area contributed by atoms with Crippen molar-refractivity contribution >= 4 is 21.1 Å². The van der Waals surface area contributed by atoms with E-state index in [1.807, 2.05) is 0 Å². The van der Waals surface area contributed by atoms with Gasteiger partial charge in [0.05, 0.1) is 5.39 Å². The highest BCUT2D eigenvalue weighted by Gasteiger charge is 2.19. The topological polar surface area (TPSA) is 87.7 Å². The van der Waals surface area contributed by atoms with Gasteiger partial charge in [-0.2, -0.15) is 5.10 Å². The van der Waals surface area contributed by atoms with Gasteiger partial charge in [0.25, 0.3) is 10.0 Å². The van der Waals surface area contributed by atoms with Crippen LogP contribution < -0.4 is 4.72 Å². The van der Waals surface area contributed by atoms with Gasteiger partial charge in [-0.1, -0.05) is 13.8 Å². The van der Waals surface area contributed by atoms with Crippen LogP contribution in [-0.4, -0.2) is 30.1 Å². The molecular weight excluding hydrogens is 264 g/mol. The normalized spacial score (nSPS) is 12.4. The van der Waals surface area contributed by atoms with Crippen LogP contribution in [0.1, 0.15) is 26.7 Å². The Hall–Kier alpha value is -1.47. The van der Waals surface area contributed by atoms with E-state index in [0.717, 1.165) is 12.8 Å². The summed E-state index contributed by atoms with van der Waals surface area (Å²) in [6.07, 6.45) is 3.39. The fraction of sp³-hybridized carbons (Fsp3) is 0.500. The maximum absolute atomic E-state index is 12.1. The highest BCUT2D eigenvalue weighted by Crippen LogP contribution is 2.17. The minimum Gasteiger partial charge on any atom is -0.263 e. The predicted octanol–water partition coefficient (Wildman–Crippen LogP) is 1.67. The van der Waals surface area contributed by atoms with Gasteiger partial charge >= 0.3 is 0 Å². The van der Waals surface area contributed by atoms with E-state index in [4.69, 9.17) is 0 Å². The van der Waals surface area contributed by atoms with Gasteiger partial charge in [0.2, 0.25) is 0 Å². The second-order valence-corrected chi connectivity index (χ2v) is 6.56. The van der Waals surface area contributed by atoms with Crippen LogP contribution in [0, 0.1) is 5.92 Å². The first-order valence-corrected chi connectivity index (χ1v) is 7.78. The fourth-order valence-electron chi connectivity index (χ4n) is 1.82. The van der Waals surface area contributed by atoms with Gasteiger partial charge in [-0.3, -0.25) is 5.10 Å². The first-order chi connectivity index (χ1) is 9.00. The molecule has 0 fully saturated rings. The highest BCUT2D eigenvalue weighted by atomic mass is 32.2. The summed E-state index contributed by atoms with van der Waals surface area (Å²) in [5, 5.41) is 7.02. The van der Waals surface area contributed by atoms with Crippen LogP contribution in [0.4, 0.5) is 0 Å². The standard InChI is InChI=1S/C12H18N4O2S/c1-9(2)5-3-8-14-19(17,18)12-10-6-4-7-13-11(10)15-16-12/h4,6-7,9,14H,3,5,8H2,1-2H3,(H,13,15,16). The molecule has 2 heterocycles. The van der Waals surface area contributed by atoms with Crippen molar-refractivity contribution in [3.63, 3.8) is 0 Å². The van der Waals surface area contributed by atoms with Crippen LogP contribution in [0.3, 0.4) is 0 Å². The van der Waals surface area contributed by atoms with Gasteiger partial charge in [0, 0.05) is 12.7 Å². The molecule has 0 aliphatic heterocycles. The Morgan fingerprint density at radius 3 is 2.95 bits per heavy atom. The number of aromatic nitrogens is 3. The number of fused-ring (bicyclic) bond motifs is 1. The average molecular weight is 282 g/mol. The van der Waals surface area contributed by atoms with Crippen LogP contribution in [0.15, 0.2) is 23.4 Å². The minimum atomic E-state index is -3.55. The Labute approximate surface area is 112 Å². The molecule has 2 rings (SSSR count). The van der Waals surface area contributed by atoms with Crippen molar-refractivity contribution in [3.05, 3.63) is 18.3 Å². The molecule has 104 valence electrons. The Morgan fingerprint density at radius 1 is 1.42 bits per heavy atom. The van der Waals surface area contributed by atoms with Crippen molar-refractivity contribution in [2.24, 2.45) is 5.92 Å². The molecule has 0 saturated heterocycles. The van der Waals surface area contributed by atoms with Crippen molar-refractivity contribution in [2.75, 3.05) is 6.54 Å². The third-order valence-electron chi connectivity index (χ3n) is 2.81. The average Bonchev–Trinajstić information content (AvgIpc) is 2.79. The Balaban J connectivity index is 2.11. The maximum Gasteiger partial charge on any atom is 0.258 e. The summed E-state index contributed by atoms with van der Waals surface area (Å²) < 4.78 is 26.9. The van der Waals surface area contributed by atoms with Crippen LogP contribution >= 0.6 is 0 Å². The molecule has 0 amide bonds. The van der Waals surface area contributed by atoms with Crippen LogP contribution in [0.25, 0.3) is 11.0 Å². The Morgan fingerprint density at radius 2 is 2.21 bits per heavy atom. The lowest BCUT2D eigenvalue weighted by atomic mass is 10.1. The molecule has 7 heteroatoms. The molecule has 0 radical (unpaired) electrons. The van der Waals surface area contributed by atoms with Crippen molar-refractivity contribution in [2.45, 2.75) is 31.7 Å². The first-order valence-electron chi connectivity index (χ1n) is 6.29. The number of rotatable bonds is 6. The summed E-state index contributed by atoms with van der Waals surface area (Å²) in [7, 11) is -3.55. The van der Waals surface area contributed by atoms with Gasteiger partial charge < -0.3 is 0 Å². The number of sulfonamides is 1. The Bertz CT molecular complexity index is 649. The molecule has 0 aromatic carbocycles. The first kappa shape index (κ1) is 14.0. The van der Waals surface area contributed by atoms with Crippen molar-refractivity contribution in [1.82, 2.24) is 19.9 Å². The van der Waals surface area contributed by atoms with Crippen LogP contribution in [-0.2, 0) is 10.0 Å². The van der Waals surface area contributed by atoms with E-state index in [-0.39, 0.29) is 5.03 Å². The highest BCUT2D eigenvalue weighted by molar-refractivity contribution is 7.89. The second kappa shape index (κ2) is 5.66. The van der Waals surface area contributed by atoms with Crippen molar-refractivity contribution < 1.29 is 8.42 Å². The van der Waals surface area contributed by atoms with Gasteiger partial charge in [-0.05, 0) is 30.9 Å². The zero-order valence-corrected chi connectivity index (χ0v) is 11.9. The SMILES string of the molecule is CC(C)CCCNS(=O)(=O)c1[nH]nc2ncccc12. The number of nitrogens with zero attached hydrogens (tertiary/aromatic N) is 2. The molecule has 0 aliphatic carbocycles. The van der Waals surface area contributed by atoms with Crippen molar-refractivity contribution in [1.29, 1.82) is 0 Å². The molecule has 6 nitrogen and oxygen atoms in total. The number of aromatic amines is 1. The molecule has 0 spiro atoms. The molecule has 0 unspecified atom stereocenters. The third-order valence-corrected chi connectivity index (χ3v) is 4.25. The van der Waals surface area contributed by atoms with Gasteiger partial charge in [-0.15, -0.1) is 0 Å². The molecule has 0 aliphatic rings. The number of H-pyrrole nitrogens is 1.